The Morgan fingerprint density at radius 3 is 1.20 bits per heavy atom. The molecule has 0 fully saturated rings. The normalized spacial score (nSPS) is 12.9. The number of carbonyl (C=O) groups is 4. The third-order valence-electron chi connectivity index (χ3n) is 7.70. The van der Waals surface area contributed by atoms with Gasteiger partial charge in [0, 0.05) is 52.1 Å². The number of hydrogen-bond donors (Lipinski definition) is 6. The fraction of sp³-hybridized carbons (Fsp3) is 0.882. The van der Waals surface area contributed by atoms with Gasteiger partial charge in [-0.2, -0.15) is 0 Å². The van der Waals surface area contributed by atoms with Crippen molar-refractivity contribution in [3.63, 3.8) is 0 Å². The Labute approximate surface area is 345 Å². The number of aliphatic hydroxyl groups excluding tert-OH is 2. The summed E-state index contributed by atoms with van der Waals surface area (Å²) in [7, 11) is 0. The van der Waals surface area contributed by atoms with Gasteiger partial charge in [0.05, 0.1) is 38.4 Å². The molecule has 16 heteroatoms. The number of rotatable bonds is 32. The van der Waals surface area contributed by atoms with Crippen LogP contribution in [0.3, 0.4) is 0 Å². The number of ether oxygens (including phenoxy) is 2. The summed E-state index contributed by atoms with van der Waals surface area (Å²) in [5.41, 5.74) is -2.87. The van der Waals surface area contributed by atoms with Gasteiger partial charge in [0.1, 0.15) is 11.2 Å². The zero-order valence-electron chi connectivity index (χ0n) is 32.1. The molecule has 284 valence electrons. The number of nitrogens with one attached hydrogen (secondary N) is 4. The van der Waals surface area contributed by atoms with Crippen molar-refractivity contribution in [2.75, 3.05) is 65.7 Å². The average molecular weight is 737 g/mol. The average Bonchev–Trinajstić information content (AvgIpc) is 3.04. The van der Waals surface area contributed by atoms with E-state index in [1.165, 1.54) is 39.5 Å². The van der Waals surface area contributed by atoms with Crippen LogP contribution in [0.15, 0.2) is 0 Å². The number of hydrogen-bond acceptors (Lipinski definition) is 12. The Bertz CT molecular complexity index is 782. The van der Waals surface area contributed by atoms with Crippen LogP contribution in [-0.2, 0) is 28.7 Å². The van der Waals surface area contributed by atoms with Crippen LogP contribution in [0.4, 0.5) is 0 Å². The Hall–Kier alpha value is -0.360. The third kappa shape index (κ3) is 33.5. The van der Waals surface area contributed by atoms with E-state index in [1.54, 1.807) is 0 Å². The predicted molar refractivity (Wildman–Crippen MR) is 181 cm³/mol. The van der Waals surface area contributed by atoms with E-state index in [0.29, 0.717) is 39.0 Å². The van der Waals surface area contributed by atoms with E-state index in [0.717, 1.165) is 38.5 Å². The molecule has 0 aromatic carbocycles. The van der Waals surface area contributed by atoms with E-state index in [9.17, 15) is 29.4 Å². The minimum atomic E-state index is -1.44. The second-order valence-corrected chi connectivity index (χ2v) is 12.2. The monoisotopic (exact) mass is 736 g/mol. The standard InChI is InChI=1S/2C17H34N2O5.2Na/c2*1-3-4-5-6-7-8-15(21)19-10-9-17(2,16(22)23)24-14-12-18-11-13-20;;/h2*18,20H,3-14H2,1-2H3,(H,19,21)(H,22,23);;/q;;2*+1/p-2. The molecule has 6 N–H and O–H groups in total. The number of carboxylic acids is 2. The first-order valence-corrected chi connectivity index (χ1v) is 17.8. The van der Waals surface area contributed by atoms with Gasteiger partial charge in [-0.05, 0) is 39.5 Å². The van der Waals surface area contributed by atoms with Crippen molar-refractivity contribution in [2.24, 2.45) is 0 Å². The maximum Gasteiger partial charge on any atom is 1.00 e. The Morgan fingerprint density at radius 2 is 0.900 bits per heavy atom. The summed E-state index contributed by atoms with van der Waals surface area (Å²) in [5.74, 6) is -2.70. The molecule has 0 aromatic heterocycles. The Balaban J connectivity index is -0.000000407. The number of carboxylic acid groups (broad SMARTS) is 2. The molecule has 0 aliphatic heterocycles. The van der Waals surface area contributed by atoms with E-state index in [2.05, 4.69) is 35.1 Å². The van der Waals surface area contributed by atoms with Gasteiger partial charge in [-0.15, -0.1) is 0 Å². The molecule has 0 spiro atoms. The van der Waals surface area contributed by atoms with Gasteiger partial charge in [-0.1, -0.05) is 65.2 Å². The fourth-order valence-corrected chi connectivity index (χ4v) is 4.41. The maximum absolute atomic E-state index is 11.7. The molecule has 0 aliphatic carbocycles. The van der Waals surface area contributed by atoms with Crippen molar-refractivity contribution in [3.8, 4) is 0 Å². The number of aliphatic hydroxyl groups is 2. The molecule has 0 saturated heterocycles. The van der Waals surface area contributed by atoms with Crippen molar-refractivity contribution >= 4 is 23.8 Å². The van der Waals surface area contributed by atoms with Gasteiger partial charge in [0.2, 0.25) is 11.8 Å². The first-order valence-electron chi connectivity index (χ1n) is 17.8. The quantitative estimate of drug-likeness (QED) is 0.0281. The van der Waals surface area contributed by atoms with Gasteiger partial charge in [0.25, 0.3) is 0 Å². The smallest absolute Gasteiger partial charge is 0.547 e. The second kappa shape index (κ2) is 38.4. The van der Waals surface area contributed by atoms with Crippen molar-refractivity contribution in [3.05, 3.63) is 0 Å². The minimum Gasteiger partial charge on any atom is -0.547 e. The Kier molecular flexibility index (Phi) is 43.3. The van der Waals surface area contributed by atoms with Crippen molar-refractivity contribution in [1.29, 1.82) is 0 Å². The van der Waals surface area contributed by atoms with Crippen LogP contribution in [0.1, 0.15) is 118 Å². The fourth-order valence-electron chi connectivity index (χ4n) is 4.41. The van der Waals surface area contributed by atoms with Crippen molar-refractivity contribution < 1.29 is 108 Å². The van der Waals surface area contributed by atoms with Crippen LogP contribution in [-0.4, -0.2) is 111 Å². The summed E-state index contributed by atoms with van der Waals surface area (Å²) in [6, 6.07) is 0. The van der Waals surface area contributed by atoms with E-state index >= 15 is 0 Å². The molecular weight excluding hydrogens is 670 g/mol. The van der Waals surface area contributed by atoms with Gasteiger partial charge in [-0.25, -0.2) is 0 Å². The molecule has 0 aromatic rings. The molecule has 0 heterocycles. The summed E-state index contributed by atoms with van der Waals surface area (Å²) in [6.07, 6.45) is 12.1. The maximum atomic E-state index is 11.7. The topological polar surface area (TPSA) is 221 Å². The third-order valence-corrected chi connectivity index (χ3v) is 7.70. The zero-order chi connectivity index (χ0) is 36.5. The molecule has 2 unspecified atom stereocenters. The number of unbranched alkanes of at least 4 members (excludes halogenated alkanes) is 8. The van der Waals surface area contributed by atoms with Gasteiger partial charge >= 0.3 is 59.1 Å². The van der Waals surface area contributed by atoms with Crippen LogP contribution in [0.25, 0.3) is 0 Å². The van der Waals surface area contributed by atoms with Gasteiger partial charge in [-0.3, -0.25) is 9.59 Å². The largest absolute Gasteiger partial charge is 1.00 e. The molecule has 2 amide bonds. The number of aliphatic carboxylic acids is 2. The Morgan fingerprint density at radius 1 is 0.560 bits per heavy atom. The molecule has 0 bridgehead atoms. The van der Waals surface area contributed by atoms with Crippen LogP contribution in [0.2, 0.25) is 0 Å². The van der Waals surface area contributed by atoms with Gasteiger partial charge in [0.15, 0.2) is 0 Å². The number of carbonyl (C=O) groups excluding carboxylic acids is 4. The van der Waals surface area contributed by atoms with Gasteiger partial charge < -0.3 is 60.8 Å². The second-order valence-electron chi connectivity index (χ2n) is 12.2. The summed E-state index contributed by atoms with van der Waals surface area (Å²) in [6.45, 7) is 9.81. The van der Waals surface area contributed by atoms with E-state index < -0.39 is 23.1 Å². The van der Waals surface area contributed by atoms with E-state index in [4.69, 9.17) is 19.7 Å². The summed E-state index contributed by atoms with van der Waals surface area (Å²) in [4.78, 5) is 46.0. The SMILES string of the molecule is CCCCCCCC(=O)NCCC(C)(OCCNCCO)C(=O)[O-].CCCCCCCC(=O)NCCC(C)(OCCNCCO)C(=O)[O-].[Na+].[Na+]. The predicted octanol–water partition coefficient (Wildman–Crippen LogP) is -6.07. The minimum absolute atomic E-state index is 0. The van der Waals surface area contributed by atoms with E-state index in [-0.39, 0.29) is 123 Å². The van der Waals surface area contributed by atoms with Crippen LogP contribution in [0.5, 0.6) is 0 Å². The molecule has 50 heavy (non-hydrogen) atoms. The van der Waals surface area contributed by atoms with Crippen molar-refractivity contribution in [1.82, 2.24) is 21.3 Å². The van der Waals surface area contributed by atoms with Crippen LogP contribution in [0, 0.1) is 0 Å². The molecule has 14 nitrogen and oxygen atoms in total. The summed E-state index contributed by atoms with van der Waals surface area (Å²) >= 11 is 0. The van der Waals surface area contributed by atoms with Crippen molar-refractivity contribution in [2.45, 2.75) is 129 Å². The summed E-state index contributed by atoms with van der Waals surface area (Å²) in [5, 5.41) is 51.1. The van der Waals surface area contributed by atoms with Crippen LogP contribution >= 0.6 is 0 Å². The summed E-state index contributed by atoms with van der Waals surface area (Å²) < 4.78 is 10.8. The first-order chi connectivity index (χ1) is 22.9. The molecule has 2 atom stereocenters. The molecule has 0 radical (unpaired) electrons. The first kappa shape index (κ1) is 56.4. The molecule has 0 aliphatic rings. The number of amides is 2. The van der Waals surface area contributed by atoms with E-state index in [1.807, 2.05) is 0 Å². The zero-order valence-corrected chi connectivity index (χ0v) is 36.1. The molecule has 0 rings (SSSR count). The molecular formula is C34H66N4Na2O10. The van der Waals surface area contributed by atoms with Crippen LogP contribution < -0.4 is 90.6 Å². The molecule has 0 saturated carbocycles.